The zero-order chi connectivity index (χ0) is 22.9. The lowest BCUT2D eigenvalue weighted by atomic mass is 10.2. The first-order chi connectivity index (χ1) is 16.0. The normalized spacial score (nSPS) is 11.6. The van der Waals surface area contributed by atoms with Crippen molar-refractivity contribution in [3.63, 3.8) is 0 Å². The second kappa shape index (κ2) is 9.11. The molecule has 0 fully saturated rings. The molecule has 0 atom stereocenters. The molecule has 1 amide bonds. The molecule has 0 aliphatic rings. The molecule has 5 aromatic rings. The van der Waals surface area contributed by atoms with E-state index in [0.717, 1.165) is 29.9 Å². The molecule has 0 spiro atoms. The largest absolute Gasteiger partial charge is 0.450 e. The highest BCUT2D eigenvalue weighted by atomic mass is 127. The fourth-order valence-electron chi connectivity index (χ4n) is 3.72. The van der Waals surface area contributed by atoms with Gasteiger partial charge in [-0.2, -0.15) is 5.10 Å². The van der Waals surface area contributed by atoms with E-state index < -0.39 is 5.91 Å². The van der Waals surface area contributed by atoms with Gasteiger partial charge in [0.15, 0.2) is 5.76 Å². The molecule has 0 aliphatic heterocycles. The Morgan fingerprint density at radius 1 is 1.15 bits per heavy atom. The van der Waals surface area contributed by atoms with Crippen LogP contribution in [0.5, 0.6) is 0 Å². The highest BCUT2D eigenvalue weighted by molar-refractivity contribution is 14.1. The molecular weight excluding hydrogens is 600 g/mol. The van der Waals surface area contributed by atoms with E-state index in [1.807, 2.05) is 53.2 Å². The van der Waals surface area contributed by atoms with E-state index in [0.29, 0.717) is 17.7 Å². The Labute approximate surface area is 210 Å². The van der Waals surface area contributed by atoms with Gasteiger partial charge in [-0.1, -0.05) is 52.3 Å². The van der Waals surface area contributed by atoms with Gasteiger partial charge in [0.25, 0.3) is 0 Å². The standard InChI is InChI=1S/C25H16BrFIN3O2/c26-18-9-16-10-23(33-24(16)21(28)11-18)25(32)30-29-12-17-14-31(22-8-4-2-6-19(17)22)13-15-5-1-3-7-20(15)27/h1-12,14H,13H2,(H,30,32)/b29-12-. The highest BCUT2D eigenvalue weighted by Crippen LogP contribution is 2.28. The number of carbonyl (C=O) groups excluding carboxylic acids is 1. The number of nitrogens with zero attached hydrogens (tertiary/aromatic N) is 2. The number of carbonyl (C=O) groups is 1. The van der Waals surface area contributed by atoms with Crippen LogP contribution >= 0.6 is 38.5 Å². The smallest absolute Gasteiger partial charge is 0.307 e. The quantitative estimate of drug-likeness (QED) is 0.136. The Hall–Kier alpha value is -2.98. The average Bonchev–Trinajstić information content (AvgIpc) is 3.38. The molecule has 5 rings (SSSR count). The van der Waals surface area contributed by atoms with Crippen molar-refractivity contribution in [3.05, 3.63) is 104 Å². The molecule has 164 valence electrons. The van der Waals surface area contributed by atoms with Gasteiger partial charge in [0, 0.05) is 38.1 Å². The van der Waals surface area contributed by atoms with Crippen molar-refractivity contribution in [1.29, 1.82) is 0 Å². The molecule has 1 N–H and O–H groups in total. The number of amides is 1. The van der Waals surface area contributed by atoms with Crippen LogP contribution in [0.4, 0.5) is 4.39 Å². The first-order valence-corrected chi connectivity index (χ1v) is 11.9. The molecule has 2 heterocycles. The molecule has 0 unspecified atom stereocenters. The number of hydrogen-bond acceptors (Lipinski definition) is 3. The summed E-state index contributed by atoms with van der Waals surface area (Å²) in [6, 6.07) is 20.0. The molecule has 5 nitrogen and oxygen atoms in total. The fourth-order valence-corrected chi connectivity index (χ4v) is 5.38. The van der Waals surface area contributed by atoms with E-state index in [2.05, 4.69) is 49.0 Å². The van der Waals surface area contributed by atoms with E-state index in [-0.39, 0.29) is 11.6 Å². The van der Waals surface area contributed by atoms with Crippen LogP contribution < -0.4 is 5.43 Å². The predicted molar refractivity (Wildman–Crippen MR) is 139 cm³/mol. The SMILES string of the molecule is O=C(N/N=C\c1cn(Cc2ccccc2F)c2ccccc12)c1cc2cc(Br)cc(I)c2o1. The molecule has 0 radical (unpaired) electrons. The second-order valence-corrected chi connectivity index (χ2v) is 9.51. The lowest BCUT2D eigenvalue weighted by Crippen LogP contribution is -2.16. The van der Waals surface area contributed by atoms with Gasteiger partial charge in [-0.05, 0) is 52.9 Å². The maximum Gasteiger partial charge on any atom is 0.307 e. The van der Waals surface area contributed by atoms with Crippen molar-refractivity contribution < 1.29 is 13.6 Å². The molecule has 3 aromatic carbocycles. The molecule has 0 saturated carbocycles. The van der Waals surface area contributed by atoms with Crippen LogP contribution in [-0.4, -0.2) is 16.7 Å². The lowest BCUT2D eigenvalue weighted by molar-refractivity contribution is 0.0929. The van der Waals surface area contributed by atoms with Gasteiger partial charge in [-0.25, -0.2) is 9.82 Å². The first-order valence-electron chi connectivity index (χ1n) is 10.0. The number of furan rings is 1. The van der Waals surface area contributed by atoms with Gasteiger partial charge in [-0.3, -0.25) is 4.79 Å². The summed E-state index contributed by atoms with van der Waals surface area (Å²) in [6.07, 6.45) is 3.48. The van der Waals surface area contributed by atoms with Gasteiger partial charge in [0.1, 0.15) is 11.4 Å². The van der Waals surface area contributed by atoms with E-state index >= 15 is 0 Å². The number of hydrazone groups is 1. The predicted octanol–water partition coefficient (Wildman–Crippen LogP) is 6.71. The van der Waals surface area contributed by atoms with Crippen LogP contribution in [0.2, 0.25) is 0 Å². The van der Waals surface area contributed by atoms with Crippen LogP contribution in [0.3, 0.4) is 0 Å². The van der Waals surface area contributed by atoms with Gasteiger partial charge < -0.3 is 8.98 Å². The Morgan fingerprint density at radius 3 is 2.79 bits per heavy atom. The van der Waals surface area contributed by atoms with Crippen LogP contribution in [0.25, 0.3) is 21.9 Å². The van der Waals surface area contributed by atoms with Crippen molar-refractivity contribution in [2.24, 2.45) is 5.10 Å². The number of aromatic nitrogens is 1. The fraction of sp³-hybridized carbons (Fsp3) is 0.0400. The van der Waals surface area contributed by atoms with E-state index in [1.54, 1.807) is 24.4 Å². The summed E-state index contributed by atoms with van der Waals surface area (Å²) < 4.78 is 23.7. The van der Waals surface area contributed by atoms with E-state index in [4.69, 9.17) is 4.42 Å². The minimum absolute atomic E-state index is 0.181. The summed E-state index contributed by atoms with van der Waals surface area (Å²) in [5.74, 6) is -0.505. The van der Waals surface area contributed by atoms with Gasteiger partial charge in [-0.15, -0.1) is 0 Å². The third-order valence-electron chi connectivity index (χ3n) is 5.25. The lowest BCUT2D eigenvalue weighted by Gasteiger charge is -2.06. The Bertz CT molecular complexity index is 1540. The van der Waals surface area contributed by atoms with Crippen LogP contribution in [0.15, 0.2) is 86.9 Å². The topological polar surface area (TPSA) is 59.5 Å². The average molecular weight is 616 g/mol. The number of nitrogens with one attached hydrogen (secondary N) is 1. The van der Waals surface area contributed by atoms with Crippen LogP contribution in [-0.2, 0) is 6.54 Å². The van der Waals surface area contributed by atoms with Gasteiger partial charge >= 0.3 is 5.91 Å². The second-order valence-electron chi connectivity index (χ2n) is 7.44. The summed E-state index contributed by atoms with van der Waals surface area (Å²) in [4.78, 5) is 12.6. The molecule has 0 saturated heterocycles. The third kappa shape index (κ3) is 4.45. The Morgan fingerprint density at radius 2 is 1.94 bits per heavy atom. The zero-order valence-electron chi connectivity index (χ0n) is 17.1. The van der Waals surface area contributed by atoms with Gasteiger partial charge in [0.2, 0.25) is 0 Å². The van der Waals surface area contributed by atoms with Crippen molar-refractivity contribution in [2.75, 3.05) is 0 Å². The molecular formula is C25H16BrFIN3O2. The number of para-hydroxylation sites is 1. The number of halogens is 3. The molecule has 33 heavy (non-hydrogen) atoms. The van der Waals surface area contributed by atoms with E-state index in [9.17, 15) is 9.18 Å². The number of hydrogen-bond donors (Lipinski definition) is 1. The van der Waals surface area contributed by atoms with E-state index in [1.165, 1.54) is 6.07 Å². The minimum atomic E-state index is -0.440. The summed E-state index contributed by atoms with van der Waals surface area (Å²) in [7, 11) is 0. The first kappa shape index (κ1) is 21.8. The minimum Gasteiger partial charge on any atom is -0.450 e. The number of fused-ring (bicyclic) bond motifs is 2. The zero-order valence-corrected chi connectivity index (χ0v) is 20.8. The van der Waals surface area contributed by atoms with Gasteiger partial charge in [0.05, 0.1) is 16.3 Å². The highest BCUT2D eigenvalue weighted by Gasteiger charge is 2.14. The van der Waals surface area contributed by atoms with Crippen molar-refractivity contribution in [1.82, 2.24) is 9.99 Å². The summed E-state index contributed by atoms with van der Waals surface area (Å²) in [5, 5.41) is 5.92. The summed E-state index contributed by atoms with van der Waals surface area (Å²) in [5.41, 5.74) is 5.54. The van der Waals surface area contributed by atoms with Crippen LogP contribution in [0, 0.1) is 9.39 Å². The molecule has 0 aliphatic carbocycles. The van der Waals surface area contributed by atoms with Crippen molar-refractivity contribution in [2.45, 2.75) is 6.54 Å². The molecule has 0 bridgehead atoms. The Kier molecular flexibility index (Phi) is 6.03. The molecule has 8 heteroatoms. The maximum atomic E-state index is 14.2. The van der Waals surface area contributed by atoms with Crippen molar-refractivity contribution >= 4 is 72.5 Å². The number of rotatable bonds is 5. The maximum absolute atomic E-state index is 14.2. The van der Waals surface area contributed by atoms with Crippen LogP contribution in [0.1, 0.15) is 21.7 Å². The van der Waals surface area contributed by atoms with Crippen molar-refractivity contribution in [3.8, 4) is 0 Å². The summed E-state index contributed by atoms with van der Waals surface area (Å²) >= 11 is 5.62. The molecule has 2 aromatic heterocycles. The monoisotopic (exact) mass is 615 g/mol. The summed E-state index contributed by atoms with van der Waals surface area (Å²) in [6.45, 7) is 0.389. The Balaban J connectivity index is 1.39. The third-order valence-corrected chi connectivity index (χ3v) is 6.51. The number of benzene rings is 3.